The summed E-state index contributed by atoms with van der Waals surface area (Å²) in [5.74, 6) is -1.31. The first-order valence-electron chi connectivity index (χ1n) is 6.25. The summed E-state index contributed by atoms with van der Waals surface area (Å²) in [4.78, 5) is 26.3. The van der Waals surface area contributed by atoms with Crippen molar-refractivity contribution in [2.45, 2.75) is 13.5 Å². The summed E-state index contributed by atoms with van der Waals surface area (Å²) >= 11 is 1.21. The van der Waals surface area contributed by atoms with Crippen LogP contribution in [0.5, 0.6) is 0 Å². The van der Waals surface area contributed by atoms with Gasteiger partial charge in [0, 0.05) is 11.5 Å². The zero-order valence-electron chi connectivity index (χ0n) is 11.4. The first-order chi connectivity index (χ1) is 10.0. The number of aromatic carboxylic acids is 1. The summed E-state index contributed by atoms with van der Waals surface area (Å²) in [5, 5.41) is 13.4. The Balaban J connectivity index is 1.88. The van der Waals surface area contributed by atoms with Crippen LogP contribution in [0.4, 0.5) is 0 Å². The van der Waals surface area contributed by atoms with Gasteiger partial charge in [-0.3, -0.25) is 4.79 Å². The number of thiazole rings is 1. The molecule has 2 N–H and O–H groups in total. The molecule has 1 aromatic heterocycles. The first-order valence-corrected chi connectivity index (χ1v) is 7.13. The molecule has 0 aliphatic carbocycles. The number of aryl methyl sites for hydroxylation is 1. The molecule has 0 spiro atoms. The molecule has 1 heterocycles. The minimum absolute atomic E-state index is 0.000415. The average Bonchev–Trinajstić information content (AvgIpc) is 2.92. The van der Waals surface area contributed by atoms with E-state index in [-0.39, 0.29) is 18.1 Å². The molecule has 2 aromatic rings. The lowest BCUT2D eigenvalue weighted by Gasteiger charge is -1.99. The van der Waals surface area contributed by atoms with Crippen LogP contribution in [0.2, 0.25) is 0 Å². The number of amides is 1. The Morgan fingerprint density at radius 1 is 1.43 bits per heavy atom. The van der Waals surface area contributed by atoms with Gasteiger partial charge in [0.25, 0.3) is 0 Å². The third-order valence-corrected chi connectivity index (χ3v) is 3.50. The van der Waals surface area contributed by atoms with Gasteiger partial charge in [0.15, 0.2) is 5.69 Å². The van der Waals surface area contributed by atoms with Crippen LogP contribution in [0.1, 0.15) is 26.6 Å². The van der Waals surface area contributed by atoms with Crippen molar-refractivity contribution in [3.8, 4) is 0 Å². The molecule has 0 fully saturated rings. The second kappa shape index (κ2) is 6.81. The van der Waals surface area contributed by atoms with Crippen LogP contribution in [-0.4, -0.2) is 22.0 Å². The van der Waals surface area contributed by atoms with E-state index in [0.29, 0.717) is 5.01 Å². The van der Waals surface area contributed by atoms with E-state index in [2.05, 4.69) is 10.3 Å². The molecule has 0 radical (unpaired) electrons. The maximum atomic E-state index is 11.7. The van der Waals surface area contributed by atoms with Gasteiger partial charge in [-0.05, 0) is 18.6 Å². The zero-order valence-corrected chi connectivity index (χ0v) is 12.2. The van der Waals surface area contributed by atoms with Crippen molar-refractivity contribution >= 4 is 29.3 Å². The van der Waals surface area contributed by atoms with E-state index < -0.39 is 5.97 Å². The highest BCUT2D eigenvalue weighted by atomic mass is 32.1. The second-order valence-electron chi connectivity index (χ2n) is 4.40. The maximum Gasteiger partial charge on any atom is 0.355 e. The number of carboxylic acids is 1. The van der Waals surface area contributed by atoms with E-state index in [4.69, 9.17) is 5.11 Å². The third-order valence-electron chi connectivity index (χ3n) is 2.65. The van der Waals surface area contributed by atoms with E-state index in [1.807, 2.05) is 31.2 Å². The number of nitrogens with one attached hydrogen (secondary N) is 1. The molecule has 21 heavy (non-hydrogen) atoms. The lowest BCUT2D eigenvalue weighted by molar-refractivity contribution is -0.116. The number of hydrogen-bond donors (Lipinski definition) is 2. The molecular formula is C15H14N2O3S. The fourth-order valence-electron chi connectivity index (χ4n) is 1.66. The van der Waals surface area contributed by atoms with Crippen LogP contribution in [-0.2, 0) is 11.3 Å². The molecule has 0 aliphatic heterocycles. The van der Waals surface area contributed by atoms with Gasteiger partial charge in [-0.25, -0.2) is 9.78 Å². The lowest BCUT2D eigenvalue weighted by Crippen LogP contribution is -2.20. The molecule has 0 saturated carbocycles. The molecule has 1 aromatic carbocycles. The standard InChI is InChI=1S/C15H14N2O3S/c1-10-3-2-4-11(7-10)5-6-13(18)16-8-14-17-12(9-21-14)15(19)20/h2-7,9H,8H2,1H3,(H,16,18)(H,19,20). The highest BCUT2D eigenvalue weighted by Crippen LogP contribution is 2.09. The lowest BCUT2D eigenvalue weighted by atomic mass is 10.1. The first kappa shape index (κ1) is 14.9. The smallest absolute Gasteiger partial charge is 0.355 e. The van der Waals surface area contributed by atoms with Gasteiger partial charge >= 0.3 is 5.97 Å². The Morgan fingerprint density at radius 2 is 2.24 bits per heavy atom. The number of rotatable bonds is 5. The van der Waals surface area contributed by atoms with Crippen molar-refractivity contribution in [1.82, 2.24) is 10.3 Å². The van der Waals surface area contributed by atoms with Crippen LogP contribution < -0.4 is 5.32 Å². The Kier molecular flexibility index (Phi) is 4.84. The monoisotopic (exact) mass is 302 g/mol. The maximum absolute atomic E-state index is 11.7. The molecule has 0 aliphatic rings. The molecule has 1 amide bonds. The van der Waals surface area contributed by atoms with Crippen molar-refractivity contribution in [1.29, 1.82) is 0 Å². The summed E-state index contributed by atoms with van der Waals surface area (Å²) in [6.07, 6.45) is 3.17. The molecule has 108 valence electrons. The van der Waals surface area contributed by atoms with Gasteiger partial charge in [0.05, 0.1) is 6.54 Å². The third kappa shape index (κ3) is 4.54. The Labute approximate surface area is 126 Å². The van der Waals surface area contributed by atoms with Crippen molar-refractivity contribution in [2.24, 2.45) is 0 Å². The Hall–Kier alpha value is -2.47. The molecule has 2 rings (SSSR count). The molecule has 5 nitrogen and oxygen atoms in total. The van der Waals surface area contributed by atoms with E-state index in [1.165, 1.54) is 22.8 Å². The Bertz CT molecular complexity index is 692. The number of hydrogen-bond acceptors (Lipinski definition) is 4. The highest BCUT2D eigenvalue weighted by Gasteiger charge is 2.08. The van der Waals surface area contributed by atoms with Gasteiger partial charge in [0.1, 0.15) is 5.01 Å². The summed E-state index contributed by atoms with van der Waals surface area (Å²) < 4.78 is 0. The van der Waals surface area contributed by atoms with E-state index in [0.717, 1.165) is 11.1 Å². The second-order valence-corrected chi connectivity index (χ2v) is 5.34. The van der Waals surface area contributed by atoms with Gasteiger partial charge in [-0.2, -0.15) is 0 Å². The number of aromatic nitrogens is 1. The fourth-order valence-corrected chi connectivity index (χ4v) is 2.37. The van der Waals surface area contributed by atoms with Gasteiger partial charge in [-0.15, -0.1) is 11.3 Å². The SMILES string of the molecule is Cc1cccc(C=CC(=O)NCc2nc(C(=O)O)cs2)c1. The largest absolute Gasteiger partial charge is 0.476 e. The molecule has 6 heteroatoms. The minimum Gasteiger partial charge on any atom is -0.476 e. The van der Waals surface area contributed by atoms with Crippen molar-refractivity contribution in [3.05, 3.63) is 57.6 Å². The van der Waals surface area contributed by atoms with Crippen LogP contribution in [0.15, 0.2) is 35.7 Å². The summed E-state index contributed by atoms with van der Waals surface area (Å²) in [5.41, 5.74) is 2.08. The Morgan fingerprint density at radius 3 is 2.90 bits per heavy atom. The van der Waals surface area contributed by atoms with Crippen LogP contribution in [0, 0.1) is 6.92 Å². The molecule has 0 atom stereocenters. The molecular weight excluding hydrogens is 288 g/mol. The summed E-state index contributed by atoms with van der Waals surface area (Å²) in [6, 6.07) is 7.80. The number of carbonyl (C=O) groups excluding carboxylic acids is 1. The zero-order chi connectivity index (χ0) is 15.2. The van der Waals surface area contributed by atoms with E-state index in [9.17, 15) is 9.59 Å². The number of nitrogens with zero attached hydrogens (tertiary/aromatic N) is 1. The summed E-state index contributed by atoms with van der Waals surface area (Å²) in [6.45, 7) is 2.20. The topological polar surface area (TPSA) is 79.3 Å². The quantitative estimate of drug-likeness (QED) is 0.832. The number of carboxylic acid groups (broad SMARTS) is 1. The number of carbonyl (C=O) groups is 2. The van der Waals surface area contributed by atoms with Crippen LogP contribution in [0.25, 0.3) is 6.08 Å². The predicted molar refractivity (Wildman–Crippen MR) is 81.1 cm³/mol. The fraction of sp³-hybridized carbons (Fsp3) is 0.133. The van der Waals surface area contributed by atoms with Crippen LogP contribution in [0.3, 0.4) is 0 Å². The molecule has 0 bridgehead atoms. The molecule has 0 saturated heterocycles. The van der Waals surface area contributed by atoms with E-state index in [1.54, 1.807) is 6.08 Å². The van der Waals surface area contributed by atoms with E-state index >= 15 is 0 Å². The highest BCUT2D eigenvalue weighted by molar-refractivity contribution is 7.09. The predicted octanol–water partition coefficient (Wildman–Crippen LogP) is 2.48. The normalized spacial score (nSPS) is 10.7. The van der Waals surface area contributed by atoms with Gasteiger partial charge in [0.2, 0.25) is 5.91 Å². The van der Waals surface area contributed by atoms with Gasteiger partial charge in [-0.1, -0.05) is 29.8 Å². The van der Waals surface area contributed by atoms with Gasteiger partial charge < -0.3 is 10.4 Å². The van der Waals surface area contributed by atoms with Crippen LogP contribution >= 0.6 is 11.3 Å². The molecule has 0 unspecified atom stereocenters. The number of benzene rings is 1. The van der Waals surface area contributed by atoms with Crippen molar-refractivity contribution < 1.29 is 14.7 Å². The summed E-state index contributed by atoms with van der Waals surface area (Å²) in [7, 11) is 0. The van der Waals surface area contributed by atoms with Crippen molar-refractivity contribution in [3.63, 3.8) is 0 Å². The van der Waals surface area contributed by atoms with Crippen molar-refractivity contribution in [2.75, 3.05) is 0 Å². The minimum atomic E-state index is -1.07. The average molecular weight is 302 g/mol.